The van der Waals surface area contributed by atoms with Crippen LogP contribution in [0.15, 0.2) is 48.7 Å². The quantitative estimate of drug-likeness (QED) is 0.393. The highest BCUT2D eigenvalue weighted by molar-refractivity contribution is 5.56. The summed E-state index contributed by atoms with van der Waals surface area (Å²) in [5, 5.41) is 3.60. The molecule has 0 aliphatic rings. The fourth-order valence-corrected chi connectivity index (χ4v) is 4.16. The first-order valence-electron chi connectivity index (χ1n) is 12.5. The summed E-state index contributed by atoms with van der Waals surface area (Å²) in [5.41, 5.74) is 9.68. The van der Waals surface area contributed by atoms with E-state index in [-0.39, 0.29) is 0 Å². The zero-order chi connectivity index (χ0) is 24.1. The summed E-state index contributed by atoms with van der Waals surface area (Å²) in [6.07, 6.45) is 4.80. The van der Waals surface area contributed by atoms with Crippen molar-refractivity contribution >= 4 is 5.69 Å². The number of anilines is 1. The molecular weight excluding hydrogens is 386 g/mol. The van der Waals surface area contributed by atoms with Crippen molar-refractivity contribution in [2.24, 2.45) is 11.3 Å². The van der Waals surface area contributed by atoms with Crippen LogP contribution >= 0.6 is 0 Å². The van der Waals surface area contributed by atoms with Gasteiger partial charge in [0, 0.05) is 11.4 Å². The molecule has 0 saturated heterocycles. The maximum absolute atomic E-state index is 4.33. The van der Waals surface area contributed by atoms with E-state index < -0.39 is 0 Å². The Morgan fingerprint density at radius 1 is 0.781 bits per heavy atom. The third-order valence-electron chi connectivity index (χ3n) is 7.17. The number of rotatable bonds is 10. The monoisotopic (exact) mass is 433 g/mol. The lowest BCUT2D eigenvalue weighted by molar-refractivity contribution is 0.343. The molecule has 0 aliphatic heterocycles. The van der Waals surface area contributed by atoms with E-state index in [2.05, 4.69) is 111 Å². The second-order valence-corrected chi connectivity index (χ2v) is 11.4. The van der Waals surface area contributed by atoms with Crippen molar-refractivity contribution in [3.63, 3.8) is 0 Å². The van der Waals surface area contributed by atoms with Crippen molar-refractivity contribution < 1.29 is 0 Å². The van der Waals surface area contributed by atoms with E-state index >= 15 is 0 Å². The van der Waals surface area contributed by atoms with Gasteiger partial charge in [0.1, 0.15) is 0 Å². The normalized spacial score (nSPS) is 14.7. The molecule has 0 radical (unpaired) electrons. The largest absolute Gasteiger partial charge is 0.359 e. The molecule has 2 aromatic rings. The Balaban J connectivity index is 1.93. The third kappa shape index (κ3) is 7.84. The maximum atomic E-state index is 4.33. The van der Waals surface area contributed by atoms with Crippen molar-refractivity contribution in [1.29, 1.82) is 0 Å². The highest BCUT2D eigenvalue weighted by Crippen LogP contribution is 2.31. The lowest BCUT2D eigenvalue weighted by Gasteiger charge is -2.23. The van der Waals surface area contributed by atoms with Crippen LogP contribution in [0.25, 0.3) is 0 Å². The minimum Gasteiger partial charge on any atom is -0.359 e. The number of hydrogen-bond acceptors (Lipinski definition) is 1. The van der Waals surface area contributed by atoms with Gasteiger partial charge in [0.25, 0.3) is 0 Å². The van der Waals surface area contributed by atoms with Gasteiger partial charge >= 0.3 is 0 Å². The number of allylic oxidation sites excluding steroid dienone is 1. The molecule has 1 heteroatoms. The van der Waals surface area contributed by atoms with Crippen LogP contribution in [0.1, 0.15) is 107 Å². The average Bonchev–Trinajstić information content (AvgIpc) is 2.72. The Morgan fingerprint density at radius 2 is 1.31 bits per heavy atom. The van der Waals surface area contributed by atoms with Crippen LogP contribution in [0.3, 0.4) is 0 Å². The van der Waals surface area contributed by atoms with E-state index in [4.69, 9.17) is 0 Å². The fourth-order valence-electron chi connectivity index (χ4n) is 4.16. The Hall–Kier alpha value is -2.02. The minimum absolute atomic E-state index is 0.373. The molecule has 0 fully saturated rings. The van der Waals surface area contributed by atoms with E-state index in [1.807, 2.05) is 0 Å². The molecule has 32 heavy (non-hydrogen) atoms. The smallest absolute Gasteiger partial charge is 0.0411 e. The summed E-state index contributed by atoms with van der Waals surface area (Å²) in [6, 6.07) is 13.8. The van der Waals surface area contributed by atoms with Crippen LogP contribution in [-0.4, -0.2) is 0 Å². The van der Waals surface area contributed by atoms with Gasteiger partial charge in [-0.15, -0.1) is 0 Å². The van der Waals surface area contributed by atoms with Crippen molar-refractivity contribution in [2.75, 3.05) is 5.32 Å². The summed E-state index contributed by atoms with van der Waals surface area (Å²) >= 11 is 0. The molecular formula is C31H47N. The molecule has 0 saturated carbocycles. The van der Waals surface area contributed by atoms with Gasteiger partial charge in [-0.25, -0.2) is 0 Å². The Labute approximate surface area is 198 Å². The lowest BCUT2D eigenvalue weighted by atomic mass is 9.86. The van der Waals surface area contributed by atoms with Gasteiger partial charge in [0.2, 0.25) is 0 Å². The Bertz CT molecular complexity index is 899. The zero-order valence-electron chi connectivity index (χ0n) is 22.2. The predicted molar refractivity (Wildman–Crippen MR) is 144 cm³/mol. The zero-order valence-corrected chi connectivity index (χ0v) is 22.2. The third-order valence-corrected chi connectivity index (χ3v) is 7.17. The molecule has 0 amide bonds. The van der Waals surface area contributed by atoms with Gasteiger partial charge in [-0.3, -0.25) is 0 Å². The summed E-state index contributed by atoms with van der Waals surface area (Å²) < 4.78 is 0. The number of benzene rings is 2. The molecule has 0 aliphatic carbocycles. The van der Waals surface area contributed by atoms with Gasteiger partial charge in [0.15, 0.2) is 0 Å². The topological polar surface area (TPSA) is 12.0 Å². The predicted octanol–water partition coefficient (Wildman–Crippen LogP) is 9.69. The van der Waals surface area contributed by atoms with Crippen molar-refractivity contribution in [1.82, 2.24) is 0 Å². The van der Waals surface area contributed by atoms with Gasteiger partial charge in [-0.05, 0) is 104 Å². The highest BCUT2D eigenvalue weighted by atomic mass is 14.9. The minimum atomic E-state index is 0.373. The SMILES string of the molecule is C=C(Nc1ccc(C(C)CC[C@@H](C)c2ccc(C)c(C)c2)cc1C)[C@@H](C)CCC(C)(C)C. The highest BCUT2D eigenvalue weighted by Gasteiger charge is 2.16. The van der Waals surface area contributed by atoms with Crippen LogP contribution in [-0.2, 0) is 0 Å². The molecule has 0 heterocycles. The number of aryl methyl sites for hydroxylation is 3. The summed E-state index contributed by atoms with van der Waals surface area (Å²) in [5.74, 6) is 1.63. The number of hydrogen-bond donors (Lipinski definition) is 1. The molecule has 1 N–H and O–H groups in total. The van der Waals surface area contributed by atoms with Crippen LogP contribution in [0.5, 0.6) is 0 Å². The maximum Gasteiger partial charge on any atom is 0.0411 e. The van der Waals surface area contributed by atoms with E-state index in [0.717, 1.165) is 5.70 Å². The number of nitrogens with one attached hydrogen (secondary N) is 1. The van der Waals surface area contributed by atoms with Crippen molar-refractivity contribution in [2.45, 2.75) is 99.8 Å². The Morgan fingerprint density at radius 3 is 1.81 bits per heavy atom. The van der Waals surface area contributed by atoms with Gasteiger partial charge < -0.3 is 5.32 Å². The van der Waals surface area contributed by atoms with E-state index in [1.165, 1.54) is 59.2 Å². The summed E-state index contributed by atoms with van der Waals surface area (Å²) in [4.78, 5) is 0. The Kier molecular flexibility index (Phi) is 9.19. The lowest BCUT2D eigenvalue weighted by Crippen LogP contribution is -2.13. The molecule has 176 valence electrons. The van der Waals surface area contributed by atoms with Crippen LogP contribution in [0, 0.1) is 32.1 Å². The summed E-state index contributed by atoms with van der Waals surface area (Å²) in [7, 11) is 0. The first kappa shape index (κ1) is 26.2. The van der Waals surface area contributed by atoms with Crippen molar-refractivity contribution in [3.05, 3.63) is 76.5 Å². The van der Waals surface area contributed by atoms with Crippen molar-refractivity contribution in [3.8, 4) is 0 Å². The van der Waals surface area contributed by atoms with Crippen LogP contribution in [0.4, 0.5) is 5.69 Å². The second kappa shape index (κ2) is 11.2. The summed E-state index contributed by atoms with van der Waals surface area (Å²) in [6.45, 7) is 24.9. The van der Waals surface area contributed by atoms with Crippen LogP contribution < -0.4 is 5.32 Å². The molecule has 0 aromatic heterocycles. The van der Waals surface area contributed by atoms with E-state index in [9.17, 15) is 0 Å². The van der Waals surface area contributed by atoms with E-state index in [0.29, 0.717) is 23.2 Å². The molecule has 1 nitrogen and oxygen atoms in total. The van der Waals surface area contributed by atoms with Gasteiger partial charge in [-0.1, -0.05) is 78.5 Å². The van der Waals surface area contributed by atoms with Gasteiger partial charge in [-0.2, -0.15) is 0 Å². The molecule has 2 rings (SSSR count). The second-order valence-electron chi connectivity index (χ2n) is 11.4. The molecule has 2 aromatic carbocycles. The molecule has 1 unspecified atom stereocenters. The first-order valence-corrected chi connectivity index (χ1v) is 12.5. The molecule has 0 bridgehead atoms. The standard InChI is InChI=1S/C31H47N/c1-21-13-14-28(19-25(21)5)23(3)11-12-24(4)29-15-16-30(26(6)20-29)32-27(7)22(2)17-18-31(8,9)10/h13-16,19-20,22-24,32H,7,11-12,17-18H2,1-6,8-10H3/t22-,23+,24?/m0/s1. The molecule has 3 atom stereocenters. The first-order chi connectivity index (χ1) is 14.9. The molecule has 0 spiro atoms. The van der Waals surface area contributed by atoms with Crippen LogP contribution in [0.2, 0.25) is 0 Å². The van der Waals surface area contributed by atoms with E-state index in [1.54, 1.807) is 0 Å². The van der Waals surface area contributed by atoms with Gasteiger partial charge in [0.05, 0.1) is 0 Å². The fraction of sp³-hybridized carbons (Fsp3) is 0.548. The average molecular weight is 434 g/mol.